The van der Waals surface area contributed by atoms with Crippen molar-refractivity contribution in [3.05, 3.63) is 66.4 Å². The van der Waals surface area contributed by atoms with Crippen molar-refractivity contribution in [1.82, 2.24) is 9.80 Å². The number of thiocarbonyl (C=S) groups is 2. The van der Waals surface area contributed by atoms with E-state index in [0.29, 0.717) is 0 Å². The molecule has 0 aromatic heterocycles. The molecule has 20 heteroatoms. The number of nitrogens with one attached hydrogen (secondary N) is 2. The van der Waals surface area contributed by atoms with E-state index in [0.717, 1.165) is 47.8 Å². The number of hydrogen-bond acceptors (Lipinski definition) is 14. The molecule has 0 atom stereocenters. The number of nitrogens with zero attached hydrogens (tertiary/aromatic N) is 4. The summed E-state index contributed by atoms with van der Waals surface area (Å²) in [6.07, 6.45) is 0.227. The zero-order chi connectivity index (χ0) is 33.7. The third-order valence-corrected chi connectivity index (χ3v) is 9.43. The summed E-state index contributed by atoms with van der Waals surface area (Å²) in [6.45, 7) is 0.126. The maximum Gasteiger partial charge on any atom is 0.273 e. The van der Waals surface area contributed by atoms with Crippen molar-refractivity contribution < 1.29 is 39.2 Å². The van der Waals surface area contributed by atoms with E-state index in [1.165, 1.54) is 21.9 Å². The van der Waals surface area contributed by atoms with Crippen LogP contribution in [0, 0.1) is 20.2 Å². The third kappa shape index (κ3) is 7.94. The molecule has 4 N–H and O–H groups in total. The average molecular weight is 707 g/mol. The highest BCUT2D eigenvalue weighted by molar-refractivity contribution is 8.29. The Morgan fingerprint density at radius 1 is 0.739 bits per heavy atom. The fraction of sp³-hybridized carbons (Fsp3) is 0.231. The molecule has 0 spiro atoms. The Bertz CT molecular complexity index is 1610. The van der Waals surface area contributed by atoms with Gasteiger partial charge in [0.25, 0.3) is 23.2 Å². The number of amides is 4. The lowest BCUT2D eigenvalue weighted by Gasteiger charge is -2.15. The van der Waals surface area contributed by atoms with Crippen molar-refractivity contribution in [3.8, 4) is 11.5 Å². The number of anilines is 2. The van der Waals surface area contributed by atoms with Gasteiger partial charge in [-0.3, -0.25) is 49.2 Å². The smallest absolute Gasteiger partial charge is 0.273 e. The first kappa shape index (κ1) is 34.2. The maximum atomic E-state index is 13.2. The van der Waals surface area contributed by atoms with Gasteiger partial charge in [0.1, 0.15) is 20.1 Å². The van der Waals surface area contributed by atoms with Gasteiger partial charge in [-0.1, -0.05) is 48.0 Å². The lowest BCUT2D eigenvalue weighted by molar-refractivity contribution is -0.385. The largest absolute Gasteiger partial charge is 0.506 e. The first-order valence-corrected chi connectivity index (χ1v) is 15.6. The summed E-state index contributed by atoms with van der Waals surface area (Å²) >= 11 is 12.5. The van der Waals surface area contributed by atoms with Crippen LogP contribution in [0.1, 0.15) is 25.7 Å². The second kappa shape index (κ2) is 14.6. The Morgan fingerprint density at radius 3 is 1.43 bits per heavy atom. The van der Waals surface area contributed by atoms with Crippen molar-refractivity contribution in [2.75, 3.05) is 23.7 Å². The predicted octanol–water partition coefficient (Wildman–Crippen LogP) is 3.98. The highest BCUT2D eigenvalue weighted by Gasteiger charge is 2.41. The minimum Gasteiger partial charge on any atom is -0.506 e. The fourth-order valence-corrected chi connectivity index (χ4v) is 6.93. The summed E-state index contributed by atoms with van der Waals surface area (Å²) in [6, 6.07) is 6.48. The first-order chi connectivity index (χ1) is 21.8. The van der Waals surface area contributed by atoms with E-state index in [9.17, 15) is 49.6 Å². The number of rotatable bonds is 12. The van der Waals surface area contributed by atoms with Crippen LogP contribution in [0.4, 0.5) is 22.7 Å². The van der Waals surface area contributed by atoms with Gasteiger partial charge in [-0.25, -0.2) is 0 Å². The third-order valence-electron chi connectivity index (χ3n) is 6.41. The van der Waals surface area contributed by atoms with Gasteiger partial charge in [0.2, 0.25) is 11.8 Å². The van der Waals surface area contributed by atoms with Crippen LogP contribution in [0.5, 0.6) is 11.5 Å². The molecule has 2 aliphatic heterocycles. The molecule has 4 amide bonds. The average Bonchev–Trinajstić information content (AvgIpc) is 3.43. The monoisotopic (exact) mass is 706 g/mol. The fourth-order valence-electron chi connectivity index (χ4n) is 4.16. The zero-order valence-corrected chi connectivity index (χ0v) is 26.6. The number of aromatic hydroxyl groups is 2. The summed E-state index contributed by atoms with van der Waals surface area (Å²) in [5, 5.41) is 46.4. The number of thioether (sulfide) groups is 2. The Hall–Kier alpha value is -4.66. The quantitative estimate of drug-likeness (QED) is 0.0805. The Kier molecular flexibility index (Phi) is 10.9. The van der Waals surface area contributed by atoms with E-state index in [4.69, 9.17) is 24.4 Å². The maximum absolute atomic E-state index is 13.2. The molecule has 4 rings (SSSR count). The van der Waals surface area contributed by atoms with E-state index in [2.05, 4.69) is 10.6 Å². The number of phenolic OH excluding ortho intramolecular Hbond substituents is 2. The van der Waals surface area contributed by atoms with E-state index in [-0.39, 0.29) is 80.0 Å². The van der Waals surface area contributed by atoms with E-state index in [1.807, 2.05) is 0 Å². The molecule has 2 fully saturated rings. The van der Waals surface area contributed by atoms with E-state index < -0.39 is 45.0 Å². The van der Waals surface area contributed by atoms with Gasteiger partial charge in [-0.2, -0.15) is 0 Å². The topological polar surface area (TPSA) is 226 Å². The molecule has 2 saturated heterocycles. The van der Waals surface area contributed by atoms with E-state index >= 15 is 0 Å². The lowest BCUT2D eigenvalue weighted by Crippen LogP contribution is -2.31. The van der Waals surface area contributed by atoms with Crippen molar-refractivity contribution in [3.63, 3.8) is 0 Å². The van der Waals surface area contributed by atoms with Crippen LogP contribution in [0.25, 0.3) is 0 Å². The van der Waals surface area contributed by atoms with Gasteiger partial charge in [0, 0.05) is 38.1 Å². The molecular weight excluding hydrogens is 685 g/mol. The summed E-state index contributed by atoms with van der Waals surface area (Å²) in [5.41, 5.74) is -0.693. The second-order valence-electron chi connectivity index (χ2n) is 9.53. The number of phenols is 2. The molecule has 0 radical (unpaired) electrons. The highest BCUT2D eigenvalue weighted by atomic mass is 32.2. The molecule has 240 valence electrons. The molecule has 0 aliphatic carbocycles. The molecule has 46 heavy (non-hydrogen) atoms. The number of carbonyl (C=O) groups excluding carboxylic acids is 4. The van der Waals surface area contributed by atoms with Crippen LogP contribution in [0.15, 0.2) is 46.2 Å². The van der Waals surface area contributed by atoms with Gasteiger partial charge in [0.15, 0.2) is 0 Å². The molecule has 0 saturated carbocycles. The Morgan fingerprint density at radius 2 is 1.11 bits per heavy atom. The normalized spacial score (nSPS) is 16.3. The van der Waals surface area contributed by atoms with Crippen LogP contribution in [0.2, 0.25) is 0 Å². The van der Waals surface area contributed by atoms with Crippen LogP contribution < -0.4 is 10.6 Å². The molecule has 2 aromatic rings. The summed E-state index contributed by atoms with van der Waals surface area (Å²) in [5.74, 6) is -3.00. The van der Waals surface area contributed by atoms with Gasteiger partial charge in [0.05, 0.1) is 43.2 Å². The van der Waals surface area contributed by atoms with Gasteiger partial charge in [-0.15, -0.1) is 0 Å². The minimum absolute atomic E-state index is 0.00680. The molecule has 2 aliphatic rings. The molecule has 2 aromatic carbocycles. The van der Waals surface area contributed by atoms with Crippen LogP contribution in [-0.4, -0.2) is 75.2 Å². The van der Waals surface area contributed by atoms with Crippen LogP contribution in [-0.2, 0) is 19.2 Å². The Balaban J connectivity index is 1.27. The van der Waals surface area contributed by atoms with Crippen molar-refractivity contribution >= 4 is 103 Å². The second-order valence-corrected chi connectivity index (χ2v) is 12.8. The first-order valence-electron chi connectivity index (χ1n) is 13.1. The van der Waals surface area contributed by atoms with Crippen molar-refractivity contribution in [2.24, 2.45) is 0 Å². The lowest BCUT2D eigenvalue weighted by atomic mass is 10.2. The molecular formula is C26H22N6O10S4. The summed E-state index contributed by atoms with van der Waals surface area (Å²) in [4.78, 5) is 74.0. The SMILES string of the molecule is O=C(CCCN1C(=O)C(=C2SC(=S)N(CCCC(=O)Nc3ccc([N+](=O)[O-])cc3O)C2=O)SC1=S)Nc1ccc([N+](=O)[O-])cc1O. The number of carbonyl (C=O) groups is 4. The number of nitro benzene ring substituents is 2. The molecule has 16 nitrogen and oxygen atoms in total. The van der Waals surface area contributed by atoms with Gasteiger partial charge in [-0.05, 0) is 25.0 Å². The van der Waals surface area contributed by atoms with Gasteiger partial charge < -0.3 is 20.8 Å². The number of benzene rings is 2. The standard InChI is InChI=1S/C26H22N6O10S4/c33-17-11-13(31(39)40)5-7-15(17)27-19(35)3-1-9-29-23(37)21(45-25(29)43)22-24(38)30(26(44)46-22)10-2-4-20(36)28-16-8-6-14(32(41)42)12-18(16)34/h5-8,11-12,33-34H,1-4,9-10H2,(H,27,35)(H,28,36). The summed E-state index contributed by atoms with van der Waals surface area (Å²) in [7, 11) is 0. The number of non-ortho nitro benzene ring substituents is 2. The van der Waals surface area contributed by atoms with Crippen molar-refractivity contribution in [1.29, 1.82) is 0 Å². The molecule has 0 bridgehead atoms. The van der Waals surface area contributed by atoms with E-state index in [1.54, 1.807) is 0 Å². The predicted molar refractivity (Wildman–Crippen MR) is 176 cm³/mol. The van der Waals surface area contributed by atoms with Crippen molar-refractivity contribution in [2.45, 2.75) is 25.7 Å². The summed E-state index contributed by atoms with van der Waals surface area (Å²) < 4.78 is 0.370. The molecule has 0 unspecified atom stereocenters. The van der Waals surface area contributed by atoms with Gasteiger partial charge >= 0.3 is 0 Å². The van der Waals surface area contributed by atoms with Crippen LogP contribution >= 0.6 is 48.0 Å². The molecule has 2 heterocycles. The number of hydrogen-bond donors (Lipinski definition) is 4. The number of nitro groups is 2. The highest BCUT2D eigenvalue weighted by Crippen LogP contribution is 2.42. The minimum atomic E-state index is -0.686. The zero-order valence-electron chi connectivity index (χ0n) is 23.3. The van der Waals surface area contributed by atoms with Crippen LogP contribution in [0.3, 0.4) is 0 Å². The Labute approximate surface area is 278 Å².